The number of imidazole rings is 1. The highest BCUT2D eigenvalue weighted by molar-refractivity contribution is 7.46. The maximum absolute atomic E-state index is 12.4. The molecule has 2 unspecified atom stereocenters. The average molecular weight is 510 g/mol. The molecule has 188 valence electrons. The molecule has 0 spiro atoms. The molecular formula is C22H36N5O5PSi. The number of aromatic nitrogens is 4. The molecule has 0 radical (unpaired) electrons. The highest BCUT2D eigenvalue weighted by Gasteiger charge is 2.52. The molecule has 5 atom stereocenters. The number of hydrogen-bond donors (Lipinski definition) is 1. The zero-order valence-electron chi connectivity index (χ0n) is 21.3. The van der Waals surface area contributed by atoms with Gasteiger partial charge in [0.25, 0.3) is 5.56 Å². The van der Waals surface area contributed by atoms with Crippen molar-refractivity contribution < 1.29 is 18.2 Å². The van der Waals surface area contributed by atoms with Crippen LogP contribution in [0.5, 0.6) is 0 Å². The van der Waals surface area contributed by atoms with Crippen LogP contribution in [0.25, 0.3) is 11.2 Å². The van der Waals surface area contributed by atoms with Gasteiger partial charge in [0.05, 0.1) is 31.5 Å². The van der Waals surface area contributed by atoms with Gasteiger partial charge in [-0.25, -0.2) is 9.97 Å². The van der Waals surface area contributed by atoms with Crippen molar-refractivity contribution in [3.8, 4) is 6.07 Å². The molecule has 0 saturated carbocycles. The summed E-state index contributed by atoms with van der Waals surface area (Å²) >= 11 is 0. The Bertz CT molecular complexity index is 1090. The van der Waals surface area contributed by atoms with Crippen molar-refractivity contribution in [2.45, 2.75) is 90.1 Å². The average Bonchev–Trinajstić information content (AvgIpc) is 3.29. The normalized spacial score (nSPS) is 24.4. The number of ether oxygens (including phenoxy) is 1. The number of nitrogens with one attached hydrogen (secondary N) is 1. The quantitative estimate of drug-likeness (QED) is 0.300. The molecule has 1 aliphatic heterocycles. The first-order chi connectivity index (χ1) is 15.9. The number of hydrogen-bond acceptors (Lipinski definition) is 8. The van der Waals surface area contributed by atoms with E-state index in [1.54, 1.807) is 17.8 Å². The lowest BCUT2D eigenvalue weighted by atomic mass is 10.1. The Labute approximate surface area is 203 Å². The van der Waals surface area contributed by atoms with E-state index in [0.717, 1.165) is 6.42 Å². The third-order valence-corrected chi connectivity index (χ3v) is 12.1. The lowest BCUT2D eigenvalue weighted by molar-refractivity contribution is -0.0302. The number of nitrogens with zero attached hydrogens (tertiary/aromatic N) is 4. The van der Waals surface area contributed by atoms with Crippen LogP contribution in [-0.2, 0) is 18.2 Å². The summed E-state index contributed by atoms with van der Waals surface area (Å²) in [5.41, 5.74) is 0.391. The molecule has 0 aliphatic carbocycles. The number of H-pyrrole nitrogens is 1. The van der Waals surface area contributed by atoms with Crippen LogP contribution in [0, 0.1) is 18.3 Å². The van der Waals surface area contributed by atoms with E-state index in [4.69, 9.17) is 23.5 Å². The highest BCUT2D eigenvalue weighted by Crippen LogP contribution is 2.47. The molecule has 2 aromatic rings. The molecule has 0 aromatic carbocycles. The van der Waals surface area contributed by atoms with Crippen molar-refractivity contribution in [1.29, 1.82) is 5.26 Å². The number of nitriles is 1. The molecule has 0 amide bonds. The van der Waals surface area contributed by atoms with Gasteiger partial charge < -0.3 is 23.2 Å². The maximum atomic E-state index is 12.4. The van der Waals surface area contributed by atoms with Crippen molar-refractivity contribution in [2.24, 2.45) is 0 Å². The fourth-order valence-electron chi connectivity index (χ4n) is 3.68. The van der Waals surface area contributed by atoms with E-state index < -0.39 is 29.0 Å². The Hall–Kier alpha value is -1.67. The van der Waals surface area contributed by atoms with Crippen LogP contribution in [0.2, 0.25) is 18.1 Å². The zero-order valence-corrected chi connectivity index (χ0v) is 23.2. The number of aryl methyl sites for hydroxylation is 1. The van der Waals surface area contributed by atoms with Crippen molar-refractivity contribution in [1.82, 2.24) is 19.5 Å². The Balaban J connectivity index is 2.02. The second-order valence-corrected chi connectivity index (χ2v) is 16.1. The van der Waals surface area contributed by atoms with Crippen molar-refractivity contribution in [2.75, 3.05) is 13.3 Å². The van der Waals surface area contributed by atoms with Crippen molar-refractivity contribution in [3.63, 3.8) is 0 Å². The highest BCUT2D eigenvalue weighted by atomic mass is 31.2. The second-order valence-electron chi connectivity index (χ2n) is 10.0. The maximum Gasteiger partial charge on any atom is 0.279 e. The minimum absolute atomic E-state index is 0.00182. The fraction of sp³-hybridized carbons (Fsp3) is 0.727. The van der Waals surface area contributed by atoms with Crippen LogP contribution in [0.1, 0.15) is 52.6 Å². The molecule has 3 heterocycles. The monoisotopic (exact) mass is 509 g/mol. The van der Waals surface area contributed by atoms with Gasteiger partial charge in [0.15, 0.2) is 34.1 Å². The zero-order chi connectivity index (χ0) is 25.3. The van der Waals surface area contributed by atoms with Gasteiger partial charge in [0.2, 0.25) is 0 Å². The van der Waals surface area contributed by atoms with E-state index in [2.05, 4.69) is 61.8 Å². The van der Waals surface area contributed by atoms with Gasteiger partial charge in [-0.3, -0.25) is 9.36 Å². The molecule has 1 N–H and O–H groups in total. The summed E-state index contributed by atoms with van der Waals surface area (Å²) in [5, 5.41) is 8.85. The molecule has 1 saturated heterocycles. The summed E-state index contributed by atoms with van der Waals surface area (Å²) in [6.07, 6.45) is 0.947. The van der Waals surface area contributed by atoms with Crippen LogP contribution >= 0.6 is 8.38 Å². The van der Waals surface area contributed by atoms with Crippen LogP contribution in [0.15, 0.2) is 11.1 Å². The standard InChI is InChI=1S/C22H36N5O5PSi/c1-9-15-17(32-34(7,8)22(3,4)5)18(31-33(6)29-12-10-11-23)21(30-15)27-13-24-16-19(27)25-14(2)26-20(16)28/h13,15,17-18,21H,9-10,12H2,1-8H3,(H,25,26,28)/t15-,17?,18+,21-,33?/m1/s1. The van der Waals surface area contributed by atoms with E-state index >= 15 is 0 Å². The van der Waals surface area contributed by atoms with E-state index in [1.807, 2.05) is 6.66 Å². The molecule has 1 aliphatic rings. The number of aromatic amines is 1. The molecule has 0 bridgehead atoms. The van der Waals surface area contributed by atoms with Crippen LogP contribution in [-0.4, -0.2) is 59.4 Å². The van der Waals surface area contributed by atoms with E-state index in [0.29, 0.717) is 24.5 Å². The third kappa shape index (κ3) is 5.59. The van der Waals surface area contributed by atoms with Gasteiger partial charge in [-0.05, 0) is 31.5 Å². The Morgan fingerprint density at radius 1 is 1.35 bits per heavy atom. The first-order valence-electron chi connectivity index (χ1n) is 11.6. The first-order valence-corrected chi connectivity index (χ1v) is 16.1. The molecule has 34 heavy (non-hydrogen) atoms. The molecule has 12 heteroatoms. The predicted octanol–water partition coefficient (Wildman–Crippen LogP) is 4.38. The summed E-state index contributed by atoms with van der Waals surface area (Å²) < 4.78 is 27.3. The molecule has 2 aromatic heterocycles. The topological polar surface area (TPSA) is 124 Å². The molecule has 10 nitrogen and oxygen atoms in total. The molecule has 1 fully saturated rings. The van der Waals surface area contributed by atoms with E-state index in [9.17, 15) is 4.79 Å². The van der Waals surface area contributed by atoms with Gasteiger partial charge >= 0.3 is 0 Å². The van der Waals surface area contributed by atoms with Gasteiger partial charge in [0.1, 0.15) is 18.0 Å². The SMILES string of the molecule is CC[C@H]1O[C@@H](n2cnc3c(=O)[nH]c(C)nc32)[C@@H](OP(C)OCCC#N)C1O[Si](C)(C)C(C)(C)C. The smallest absolute Gasteiger partial charge is 0.279 e. The molecular weight excluding hydrogens is 473 g/mol. The largest absolute Gasteiger partial charge is 0.408 e. The summed E-state index contributed by atoms with van der Waals surface area (Å²) in [6, 6.07) is 2.08. The van der Waals surface area contributed by atoms with E-state index in [1.165, 1.54) is 0 Å². The summed E-state index contributed by atoms with van der Waals surface area (Å²) in [7, 11) is -3.47. The van der Waals surface area contributed by atoms with Gasteiger partial charge in [-0.1, -0.05) is 27.7 Å². The Morgan fingerprint density at radius 3 is 2.68 bits per heavy atom. The summed E-state index contributed by atoms with van der Waals surface area (Å²) in [6.45, 7) is 17.0. The second kappa shape index (κ2) is 10.5. The molecule has 3 rings (SSSR count). The summed E-state index contributed by atoms with van der Waals surface area (Å²) in [5.74, 6) is 0.494. The fourth-order valence-corrected chi connectivity index (χ4v) is 5.97. The minimum atomic E-state index is -2.17. The third-order valence-electron chi connectivity index (χ3n) is 6.51. The van der Waals surface area contributed by atoms with Crippen molar-refractivity contribution in [3.05, 3.63) is 22.5 Å². The minimum Gasteiger partial charge on any atom is -0.408 e. The number of fused-ring (bicyclic) bond motifs is 1. The van der Waals surface area contributed by atoms with Crippen molar-refractivity contribution >= 4 is 27.9 Å². The Morgan fingerprint density at radius 2 is 2.06 bits per heavy atom. The van der Waals surface area contributed by atoms with Gasteiger partial charge in [-0.2, -0.15) is 5.26 Å². The number of rotatable bonds is 9. The lowest BCUT2D eigenvalue weighted by Crippen LogP contribution is -2.49. The predicted molar refractivity (Wildman–Crippen MR) is 133 cm³/mol. The van der Waals surface area contributed by atoms with Gasteiger partial charge in [-0.15, -0.1) is 0 Å². The summed E-state index contributed by atoms with van der Waals surface area (Å²) in [4.78, 5) is 23.9. The van der Waals surface area contributed by atoms with Crippen LogP contribution in [0.3, 0.4) is 0 Å². The van der Waals surface area contributed by atoms with Crippen LogP contribution in [0.4, 0.5) is 0 Å². The van der Waals surface area contributed by atoms with Crippen LogP contribution < -0.4 is 5.56 Å². The first kappa shape index (κ1) is 26.9. The van der Waals surface area contributed by atoms with Gasteiger partial charge in [0, 0.05) is 6.66 Å². The Kier molecular flexibility index (Phi) is 8.33. The van der Waals surface area contributed by atoms with E-state index in [-0.39, 0.29) is 28.3 Å². The lowest BCUT2D eigenvalue weighted by Gasteiger charge is -2.40.